The molecule has 1 aromatic carbocycles. The minimum atomic E-state index is 0.0147. The van der Waals surface area contributed by atoms with Crippen LogP contribution in [0.2, 0.25) is 0 Å². The van der Waals surface area contributed by atoms with Gasteiger partial charge in [0.25, 0.3) is 5.91 Å². The molecule has 1 aromatic rings. The van der Waals surface area contributed by atoms with Crippen molar-refractivity contribution < 1.29 is 4.79 Å². The first kappa shape index (κ1) is 15.6. The SMILES string of the molecule is CCCN1CCN(c2cc(C(=O)N(C)C)ccc2N)CC1. The lowest BCUT2D eigenvalue weighted by atomic mass is 10.1. The second-order valence-corrected chi connectivity index (χ2v) is 5.80. The first-order valence-corrected chi connectivity index (χ1v) is 7.61. The Kier molecular flexibility index (Phi) is 5.07. The molecule has 0 bridgehead atoms. The molecule has 5 heteroatoms. The highest BCUT2D eigenvalue weighted by molar-refractivity contribution is 5.96. The van der Waals surface area contributed by atoms with E-state index in [1.807, 2.05) is 12.1 Å². The average Bonchev–Trinajstić information content (AvgIpc) is 2.48. The third-order valence-corrected chi connectivity index (χ3v) is 3.94. The average molecular weight is 290 g/mol. The zero-order chi connectivity index (χ0) is 15.4. The maximum Gasteiger partial charge on any atom is 0.253 e. The van der Waals surface area contributed by atoms with Crippen LogP contribution in [0.4, 0.5) is 11.4 Å². The summed E-state index contributed by atoms with van der Waals surface area (Å²) in [6.45, 7) is 7.40. The van der Waals surface area contributed by atoms with E-state index in [1.165, 1.54) is 6.42 Å². The number of amides is 1. The molecular formula is C16H26N4O. The Morgan fingerprint density at radius 1 is 1.24 bits per heavy atom. The lowest BCUT2D eigenvalue weighted by Gasteiger charge is -2.36. The predicted octanol–water partition coefficient (Wildman–Crippen LogP) is 1.50. The number of hydrogen-bond donors (Lipinski definition) is 1. The van der Waals surface area contributed by atoms with Crippen LogP contribution in [0.25, 0.3) is 0 Å². The summed E-state index contributed by atoms with van der Waals surface area (Å²) in [4.78, 5) is 18.4. The quantitative estimate of drug-likeness (QED) is 0.854. The Morgan fingerprint density at radius 2 is 1.90 bits per heavy atom. The molecule has 0 saturated carbocycles. The molecule has 0 radical (unpaired) electrons. The summed E-state index contributed by atoms with van der Waals surface area (Å²) in [6.07, 6.45) is 1.19. The number of nitrogens with two attached hydrogens (primary N) is 1. The van der Waals surface area contributed by atoms with Gasteiger partial charge < -0.3 is 15.5 Å². The van der Waals surface area contributed by atoms with Crippen LogP contribution in [0.15, 0.2) is 18.2 Å². The highest BCUT2D eigenvalue weighted by atomic mass is 16.2. The Labute approximate surface area is 127 Å². The van der Waals surface area contributed by atoms with Crippen molar-refractivity contribution >= 4 is 17.3 Å². The number of hydrogen-bond acceptors (Lipinski definition) is 4. The summed E-state index contributed by atoms with van der Waals surface area (Å²) in [7, 11) is 3.53. The smallest absolute Gasteiger partial charge is 0.253 e. The van der Waals surface area contributed by atoms with E-state index in [1.54, 1.807) is 25.1 Å². The van der Waals surface area contributed by atoms with Crippen LogP contribution in [0.3, 0.4) is 0 Å². The largest absolute Gasteiger partial charge is 0.397 e. The number of anilines is 2. The molecule has 2 rings (SSSR count). The van der Waals surface area contributed by atoms with Crippen molar-refractivity contribution in [3.8, 4) is 0 Å². The number of benzene rings is 1. The van der Waals surface area contributed by atoms with Gasteiger partial charge in [-0.05, 0) is 31.2 Å². The van der Waals surface area contributed by atoms with Gasteiger partial charge in [0.15, 0.2) is 0 Å². The topological polar surface area (TPSA) is 52.8 Å². The minimum absolute atomic E-state index is 0.0147. The second-order valence-electron chi connectivity index (χ2n) is 5.80. The van der Waals surface area contributed by atoms with E-state index in [9.17, 15) is 4.79 Å². The van der Waals surface area contributed by atoms with Crippen molar-refractivity contribution in [3.63, 3.8) is 0 Å². The van der Waals surface area contributed by atoms with Crippen LogP contribution in [0.5, 0.6) is 0 Å². The highest BCUT2D eigenvalue weighted by Crippen LogP contribution is 2.26. The first-order chi connectivity index (χ1) is 10.0. The lowest BCUT2D eigenvalue weighted by Crippen LogP contribution is -2.46. The van der Waals surface area contributed by atoms with E-state index >= 15 is 0 Å². The van der Waals surface area contributed by atoms with Gasteiger partial charge in [-0.3, -0.25) is 9.69 Å². The molecule has 0 atom stereocenters. The molecule has 5 nitrogen and oxygen atoms in total. The lowest BCUT2D eigenvalue weighted by molar-refractivity contribution is 0.0827. The van der Waals surface area contributed by atoms with E-state index in [-0.39, 0.29) is 5.91 Å². The maximum absolute atomic E-state index is 12.1. The minimum Gasteiger partial charge on any atom is -0.397 e. The van der Waals surface area contributed by atoms with Gasteiger partial charge in [-0.25, -0.2) is 0 Å². The van der Waals surface area contributed by atoms with Gasteiger partial charge in [0.1, 0.15) is 0 Å². The molecule has 2 N–H and O–H groups in total. The van der Waals surface area contributed by atoms with E-state index in [4.69, 9.17) is 5.73 Å². The molecule has 1 heterocycles. The van der Waals surface area contributed by atoms with Crippen LogP contribution in [0.1, 0.15) is 23.7 Å². The van der Waals surface area contributed by atoms with Crippen LogP contribution in [-0.4, -0.2) is 62.5 Å². The number of carbonyl (C=O) groups is 1. The predicted molar refractivity (Wildman–Crippen MR) is 87.8 cm³/mol. The summed E-state index contributed by atoms with van der Waals surface area (Å²) in [5.74, 6) is 0.0147. The van der Waals surface area contributed by atoms with Gasteiger partial charge in [-0.2, -0.15) is 0 Å². The van der Waals surface area contributed by atoms with Gasteiger partial charge in [-0.1, -0.05) is 6.92 Å². The zero-order valence-electron chi connectivity index (χ0n) is 13.3. The molecule has 0 spiro atoms. The molecule has 0 unspecified atom stereocenters. The number of nitrogen functional groups attached to an aromatic ring is 1. The molecule has 21 heavy (non-hydrogen) atoms. The Hall–Kier alpha value is -1.75. The van der Waals surface area contributed by atoms with E-state index in [2.05, 4.69) is 16.7 Å². The Morgan fingerprint density at radius 3 is 2.48 bits per heavy atom. The van der Waals surface area contributed by atoms with Crippen molar-refractivity contribution in [1.82, 2.24) is 9.80 Å². The molecule has 1 fully saturated rings. The van der Waals surface area contributed by atoms with Crippen LogP contribution < -0.4 is 10.6 Å². The summed E-state index contributed by atoms with van der Waals surface area (Å²) >= 11 is 0. The number of piperazine rings is 1. The summed E-state index contributed by atoms with van der Waals surface area (Å²) < 4.78 is 0. The number of carbonyl (C=O) groups excluding carboxylic acids is 1. The van der Waals surface area contributed by atoms with Gasteiger partial charge in [0.05, 0.1) is 11.4 Å². The molecular weight excluding hydrogens is 264 g/mol. The zero-order valence-corrected chi connectivity index (χ0v) is 13.3. The second kappa shape index (κ2) is 6.80. The van der Waals surface area contributed by atoms with Gasteiger partial charge >= 0.3 is 0 Å². The fraction of sp³-hybridized carbons (Fsp3) is 0.562. The van der Waals surface area contributed by atoms with Crippen LogP contribution >= 0.6 is 0 Å². The van der Waals surface area contributed by atoms with E-state index in [0.29, 0.717) is 5.56 Å². The molecule has 1 saturated heterocycles. The monoisotopic (exact) mass is 290 g/mol. The van der Waals surface area contributed by atoms with Crippen molar-refractivity contribution in [2.24, 2.45) is 0 Å². The van der Waals surface area contributed by atoms with Crippen molar-refractivity contribution in [2.45, 2.75) is 13.3 Å². The maximum atomic E-state index is 12.1. The Balaban J connectivity index is 2.13. The normalized spacial score (nSPS) is 16.0. The van der Waals surface area contributed by atoms with E-state index < -0.39 is 0 Å². The number of nitrogens with zero attached hydrogens (tertiary/aromatic N) is 3. The highest BCUT2D eigenvalue weighted by Gasteiger charge is 2.19. The summed E-state index contributed by atoms with van der Waals surface area (Å²) in [6, 6.07) is 5.56. The fourth-order valence-electron chi connectivity index (χ4n) is 2.74. The molecule has 0 aliphatic carbocycles. The molecule has 116 valence electrons. The molecule has 1 amide bonds. The summed E-state index contributed by atoms with van der Waals surface area (Å²) in [5, 5.41) is 0. The van der Waals surface area contributed by atoms with Crippen LogP contribution in [0, 0.1) is 0 Å². The van der Waals surface area contributed by atoms with Gasteiger partial charge in [0.2, 0.25) is 0 Å². The van der Waals surface area contributed by atoms with E-state index in [0.717, 1.165) is 44.1 Å². The van der Waals surface area contributed by atoms with Crippen molar-refractivity contribution in [1.29, 1.82) is 0 Å². The molecule has 1 aliphatic heterocycles. The standard InChI is InChI=1S/C16H26N4O/c1-4-7-19-8-10-20(11-9-19)15-12-13(5-6-14(15)17)16(21)18(2)3/h5-6,12H,4,7-11,17H2,1-3H3. The Bertz CT molecular complexity index is 493. The van der Waals surface area contributed by atoms with Gasteiger partial charge in [-0.15, -0.1) is 0 Å². The van der Waals surface area contributed by atoms with Crippen LogP contribution in [-0.2, 0) is 0 Å². The third kappa shape index (κ3) is 3.67. The number of rotatable bonds is 4. The fourth-order valence-corrected chi connectivity index (χ4v) is 2.74. The van der Waals surface area contributed by atoms with Gasteiger partial charge in [0, 0.05) is 45.8 Å². The first-order valence-electron chi connectivity index (χ1n) is 7.61. The summed E-state index contributed by atoms with van der Waals surface area (Å²) in [5.41, 5.74) is 8.53. The molecule has 0 aromatic heterocycles. The van der Waals surface area contributed by atoms with Crippen molar-refractivity contribution in [3.05, 3.63) is 23.8 Å². The molecule has 1 aliphatic rings. The van der Waals surface area contributed by atoms with Crippen molar-refractivity contribution in [2.75, 3.05) is 57.5 Å². The third-order valence-electron chi connectivity index (χ3n) is 3.94.